The maximum Gasteiger partial charge on any atom is 0.364 e. The molecule has 0 unspecified atom stereocenters. The molecule has 0 atom stereocenters. The fraction of sp³-hybridized carbons (Fsp3) is 0.0556. The summed E-state index contributed by atoms with van der Waals surface area (Å²) >= 11 is 6.39. The van der Waals surface area contributed by atoms with Crippen LogP contribution in [-0.2, 0) is 9.63 Å². The predicted molar refractivity (Wildman–Crippen MR) is 101 cm³/mol. The summed E-state index contributed by atoms with van der Waals surface area (Å²) in [5, 5.41) is 0.446. The number of hydroxylamine groups is 2. The first-order valence-corrected chi connectivity index (χ1v) is 9.16. The summed E-state index contributed by atoms with van der Waals surface area (Å²) in [5.41, 5.74) is 0.853. The Kier molecular flexibility index (Phi) is 4.25. The average Bonchev–Trinajstić information content (AvgIpc) is 3.13. The highest BCUT2D eigenvalue weighted by Gasteiger charge is 2.39. The third-order valence-corrected chi connectivity index (χ3v) is 5.38. The van der Waals surface area contributed by atoms with Crippen molar-refractivity contribution < 1.29 is 24.0 Å². The van der Waals surface area contributed by atoms with Crippen molar-refractivity contribution in [2.75, 3.05) is 10.7 Å². The van der Waals surface area contributed by atoms with Crippen molar-refractivity contribution in [2.24, 2.45) is 0 Å². The zero-order valence-corrected chi connectivity index (χ0v) is 15.2. The number of nitrogens with zero attached hydrogens (tertiary/aromatic N) is 2. The van der Waals surface area contributed by atoms with Gasteiger partial charge in [0.15, 0.2) is 0 Å². The standard InChI is InChI=1S/C18H10N2O5S2/c21-14-9-27-18(26)19(14)11-5-3-4-10(8-11)17(24)25-20-15(22)12-6-1-2-7-13(12)16(20)23/h1-8H,9H2. The van der Waals surface area contributed by atoms with Crippen LogP contribution in [0.3, 0.4) is 0 Å². The van der Waals surface area contributed by atoms with Crippen molar-refractivity contribution >= 4 is 57.7 Å². The van der Waals surface area contributed by atoms with Gasteiger partial charge in [0.2, 0.25) is 5.91 Å². The van der Waals surface area contributed by atoms with Crippen LogP contribution >= 0.6 is 24.0 Å². The Morgan fingerprint density at radius 3 is 2.26 bits per heavy atom. The molecule has 0 saturated carbocycles. The summed E-state index contributed by atoms with van der Waals surface area (Å²) in [6.45, 7) is 0. The molecule has 0 aromatic heterocycles. The van der Waals surface area contributed by atoms with Crippen LogP contribution in [0.25, 0.3) is 0 Å². The van der Waals surface area contributed by atoms with E-state index in [0.29, 0.717) is 15.1 Å². The van der Waals surface area contributed by atoms with Gasteiger partial charge in [-0.15, -0.1) is 0 Å². The molecule has 1 saturated heterocycles. The minimum atomic E-state index is -0.892. The molecule has 0 aliphatic carbocycles. The number of thiocarbonyl (C=S) groups is 1. The van der Waals surface area contributed by atoms with Crippen LogP contribution < -0.4 is 4.90 Å². The average molecular weight is 398 g/mol. The van der Waals surface area contributed by atoms with E-state index in [1.165, 1.54) is 40.9 Å². The Morgan fingerprint density at radius 1 is 1.00 bits per heavy atom. The second-order valence-corrected chi connectivity index (χ2v) is 7.27. The summed E-state index contributed by atoms with van der Waals surface area (Å²) in [6, 6.07) is 12.3. The van der Waals surface area contributed by atoms with Gasteiger partial charge >= 0.3 is 5.97 Å². The van der Waals surface area contributed by atoms with E-state index in [-0.39, 0.29) is 28.4 Å². The van der Waals surface area contributed by atoms with Crippen LogP contribution in [0.4, 0.5) is 5.69 Å². The molecule has 7 nitrogen and oxygen atoms in total. The molecule has 4 rings (SSSR count). The lowest BCUT2D eigenvalue weighted by atomic mass is 10.1. The molecule has 134 valence electrons. The number of carbonyl (C=O) groups is 4. The van der Waals surface area contributed by atoms with E-state index < -0.39 is 17.8 Å². The summed E-state index contributed by atoms with van der Waals surface area (Å²) in [5.74, 6) is -2.24. The fourth-order valence-electron chi connectivity index (χ4n) is 2.76. The second-order valence-electron chi connectivity index (χ2n) is 5.66. The van der Waals surface area contributed by atoms with E-state index in [0.717, 1.165) is 0 Å². The first kappa shape index (κ1) is 17.4. The number of hydrogen-bond donors (Lipinski definition) is 0. The molecule has 0 bridgehead atoms. The maximum absolute atomic E-state index is 12.5. The zero-order valence-electron chi connectivity index (χ0n) is 13.6. The van der Waals surface area contributed by atoms with Gasteiger partial charge in [-0.05, 0) is 30.3 Å². The number of benzene rings is 2. The molecule has 2 aliphatic heterocycles. The Bertz CT molecular complexity index is 985. The second kappa shape index (κ2) is 6.60. The van der Waals surface area contributed by atoms with Crippen molar-refractivity contribution in [1.82, 2.24) is 5.06 Å². The van der Waals surface area contributed by atoms with Crippen LogP contribution in [0.2, 0.25) is 0 Å². The maximum atomic E-state index is 12.5. The lowest BCUT2D eigenvalue weighted by Gasteiger charge is -2.16. The van der Waals surface area contributed by atoms with E-state index in [2.05, 4.69) is 0 Å². The van der Waals surface area contributed by atoms with Crippen LogP contribution in [0, 0.1) is 0 Å². The highest BCUT2D eigenvalue weighted by Crippen LogP contribution is 2.28. The first-order chi connectivity index (χ1) is 13.0. The van der Waals surface area contributed by atoms with Gasteiger partial charge in [-0.2, -0.15) is 0 Å². The number of carbonyl (C=O) groups excluding carboxylic acids is 4. The zero-order chi connectivity index (χ0) is 19.1. The van der Waals surface area contributed by atoms with Gasteiger partial charge in [0, 0.05) is 0 Å². The van der Waals surface area contributed by atoms with Crippen LogP contribution in [0.1, 0.15) is 31.1 Å². The lowest BCUT2D eigenvalue weighted by Crippen LogP contribution is -2.33. The van der Waals surface area contributed by atoms with Crippen molar-refractivity contribution in [2.45, 2.75) is 0 Å². The van der Waals surface area contributed by atoms with Gasteiger partial charge < -0.3 is 4.84 Å². The third-order valence-electron chi connectivity index (χ3n) is 4.02. The molecule has 1 fully saturated rings. The minimum absolute atomic E-state index is 0.0801. The number of amides is 3. The van der Waals surface area contributed by atoms with Gasteiger partial charge in [-0.1, -0.05) is 47.2 Å². The summed E-state index contributed by atoms with van der Waals surface area (Å²) < 4.78 is 0.394. The summed E-state index contributed by atoms with van der Waals surface area (Å²) in [7, 11) is 0. The topological polar surface area (TPSA) is 84.0 Å². The molecular weight excluding hydrogens is 388 g/mol. The van der Waals surface area contributed by atoms with E-state index in [1.54, 1.807) is 24.3 Å². The Morgan fingerprint density at radius 2 is 1.67 bits per heavy atom. The SMILES string of the molecule is O=C(ON1C(=O)c2ccccc2C1=O)c1cccc(N2C(=O)CSC2=S)c1. The molecule has 0 N–H and O–H groups in total. The fourth-order valence-corrected chi connectivity index (χ4v) is 3.86. The number of rotatable bonds is 3. The van der Waals surface area contributed by atoms with Crippen LogP contribution in [0.15, 0.2) is 48.5 Å². The highest BCUT2D eigenvalue weighted by molar-refractivity contribution is 8.24. The Balaban J connectivity index is 1.57. The number of fused-ring (bicyclic) bond motifs is 1. The molecular formula is C18H10N2O5S2. The smallest absolute Gasteiger partial charge is 0.324 e. The highest BCUT2D eigenvalue weighted by atomic mass is 32.2. The largest absolute Gasteiger partial charge is 0.364 e. The van der Waals surface area contributed by atoms with E-state index >= 15 is 0 Å². The van der Waals surface area contributed by atoms with Gasteiger partial charge in [0.05, 0.1) is 28.1 Å². The minimum Gasteiger partial charge on any atom is -0.324 e. The summed E-state index contributed by atoms with van der Waals surface area (Å²) in [4.78, 5) is 55.4. The predicted octanol–water partition coefficient (Wildman–Crippen LogP) is 2.42. The van der Waals surface area contributed by atoms with E-state index in [9.17, 15) is 19.2 Å². The van der Waals surface area contributed by atoms with Crippen LogP contribution in [0.5, 0.6) is 0 Å². The molecule has 9 heteroatoms. The van der Waals surface area contributed by atoms with Gasteiger partial charge in [-0.25, -0.2) is 4.79 Å². The number of imide groups is 1. The van der Waals surface area contributed by atoms with Crippen molar-refractivity contribution in [3.05, 3.63) is 65.2 Å². The Hall–Kier alpha value is -3.04. The molecule has 3 amide bonds. The summed E-state index contributed by atoms with van der Waals surface area (Å²) in [6.07, 6.45) is 0. The number of anilines is 1. The normalized spacial score (nSPS) is 16.1. The molecule has 27 heavy (non-hydrogen) atoms. The van der Waals surface area contributed by atoms with Crippen molar-refractivity contribution in [1.29, 1.82) is 0 Å². The number of thioether (sulfide) groups is 1. The van der Waals surface area contributed by atoms with E-state index in [4.69, 9.17) is 17.1 Å². The quantitative estimate of drug-likeness (QED) is 0.580. The van der Waals surface area contributed by atoms with Crippen molar-refractivity contribution in [3.63, 3.8) is 0 Å². The van der Waals surface area contributed by atoms with E-state index in [1.807, 2.05) is 0 Å². The first-order valence-electron chi connectivity index (χ1n) is 7.77. The van der Waals surface area contributed by atoms with Crippen LogP contribution in [-0.4, -0.2) is 38.8 Å². The van der Waals surface area contributed by atoms with Gasteiger partial charge in [-0.3, -0.25) is 19.3 Å². The van der Waals surface area contributed by atoms with Gasteiger partial charge in [0.25, 0.3) is 11.8 Å². The molecule has 2 aromatic carbocycles. The molecule has 0 spiro atoms. The lowest BCUT2D eigenvalue weighted by molar-refractivity contribution is -0.115. The third kappa shape index (κ3) is 2.90. The van der Waals surface area contributed by atoms with Gasteiger partial charge in [0.1, 0.15) is 4.32 Å². The molecule has 2 heterocycles. The molecule has 2 aromatic rings. The Labute approximate surface area is 162 Å². The molecule has 0 radical (unpaired) electrons. The van der Waals surface area contributed by atoms with Crippen molar-refractivity contribution in [3.8, 4) is 0 Å². The molecule has 2 aliphatic rings. The number of hydrogen-bond acceptors (Lipinski definition) is 7. The monoisotopic (exact) mass is 398 g/mol.